The van der Waals surface area contributed by atoms with Gasteiger partial charge in [-0.15, -0.1) is 0 Å². The maximum Gasteiger partial charge on any atom is 0.435 e. The van der Waals surface area contributed by atoms with Crippen LogP contribution in [0.1, 0.15) is 5.69 Å². The highest BCUT2D eigenvalue weighted by atomic mass is 16.6. The molecule has 12 heavy (non-hydrogen) atoms. The van der Waals surface area contributed by atoms with E-state index in [2.05, 4.69) is 4.98 Å². The third-order valence-electron chi connectivity index (χ3n) is 1.31. The fourth-order valence-electron chi connectivity index (χ4n) is 0.667. The van der Waals surface area contributed by atoms with Gasteiger partial charge in [0.15, 0.2) is 5.69 Å². The van der Waals surface area contributed by atoms with Crippen LogP contribution in [-0.2, 0) is 0 Å². The zero-order valence-corrected chi connectivity index (χ0v) is 6.20. The third kappa shape index (κ3) is 1.24. The van der Waals surface area contributed by atoms with Gasteiger partial charge in [-0.3, -0.25) is 0 Å². The molecule has 0 fully saturated rings. The zero-order valence-electron chi connectivity index (χ0n) is 6.20. The average molecular weight is 170 g/mol. The van der Waals surface area contributed by atoms with E-state index in [9.17, 15) is 14.9 Å². The lowest BCUT2D eigenvalue weighted by atomic mass is 10.4. The topological polar surface area (TPSA) is 115 Å². The van der Waals surface area contributed by atoms with Crippen molar-refractivity contribution in [1.82, 2.24) is 9.97 Å². The molecule has 1 aromatic heterocycles. The Labute approximate surface area is 66.4 Å². The summed E-state index contributed by atoms with van der Waals surface area (Å²) in [5.74, 6) is -0.591. The van der Waals surface area contributed by atoms with Gasteiger partial charge >= 0.3 is 11.5 Å². The van der Waals surface area contributed by atoms with Crippen LogP contribution in [0.3, 0.4) is 0 Å². The van der Waals surface area contributed by atoms with Crippen LogP contribution in [0.4, 0.5) is 11.6 Å². The van der Waals surface area contributed by atoms with Crippen molar-refractivity contribution in [3.63, 3.8) is 0 Å². The summed E-state index contributed by atoms with van der Waals surface area (Å²) in [5.41, 5.74) is 4.60. The smallest absolute Gasteiger partial charge is 0.390 e. The highest BCUT2D eigenvalue weighted by Crippen LogP contribution is 2.04. The van der Waals surface area contributed by atoms with E-state index >= 15 is 0 Å². The molecule has 0 amide bonds. The van der Waals surface area contributed by atoms with Crippen molar-refractivity contribution in [2.24, 2.45) is 0 Å². The number of nitrogens with two attached hydrogens (primary N) is 1. The minimum absolute atomic E-state index is 0.0967. The molecule has 64 valence electrons. The van der Waals surface area contributed by atoms with E-state index in [1.165, 1.54) is 6.92 Å². The van der Waals surface area contributed by atoms with Crippen LogP contribution in [0, 0.1) is 17.0 Å². The zero-order chi connectivity index (χ0) is 9.30. The molecule has 0 saturated carbocycles. The molecule has 0 aliphatic heterocycles. The number of rotatable bonds is 1. The minimum atomic E-state index is -0.784. The van der Waals surface area contributed by atoms with Crippen LogP contribution in [0.5, 0.6) is 0 Å². The Morgan fingerprint density at radius 2 is 2.25 bits per heavy atom. The van der Waals surface area contributed by atoms with Crippen molar-refractivity contribution >= 4 is 11.6 Å². The number of aromatic nitrogens is 2. The lowest BCUT2D eigenvalue weighted by Gasteiger charge is -1.94. The van der Waals surface area contributed by atoms with Crippen molar-refractivity contribution < 1.29 is 4.92 Å². The quantitative estimate of drug-likeness (QED) is 0.438. The number of aryl methyl sites for hydroxylation is 1. The van der Waals surface area contributed by atoms with Crippen LogP contribution in [0.2, 0.25) is 0 Å². The third-order valence-corrected chi connectivity index (χ3v) is 1.31. The molecule has 0 unspecified atom stereocenters. The van der Waals surface area contributed by atoms with Crippen LogP contribution < -0.4 is 11.3 Å². The van der Waals surface area contributed by atoms with Gasteiger partial charge in [0.25, 0.3) is 0 Å². The molecule has 0 radical (unpaired) electrons. The Balaban J connectivity index is 3.41. The first-order chi connectivity index (χ1) is 5.52. The lowest BCUT2D eigenvalue weighted by molar-refractivity contribution is -0.394. The lowest BCUT2D eigenvalue weighted by Crippen LogP contribution is -2.16. The molecule has 0 saturated heterocycles. The summed E-state index contributed by atoms with van der Waals surface area (Å²) in [5, 5.41) is 10.1. The average Bonchev–Trinajstić information content (AvgIpc) is 1.99. The van der Waals surface area contributed by atoms with Gasteiger partial charge in [-0.2, -0.15) is 0 Å². The van der Waals surface area contributed by atoms with E-state index in [0.717, 1.165) is 0 Å². The van der Waals surface area contributed by atoms with E-state index in [1.54, 1.807) is 0 Å². The van der Waals surface area contributed by atoms with Gasteiger partial charge in [0.1, 0.15) is 5.69 Å². The van der Waals surface area contributed by atoms with Gasteiger partial charge in [0.2, 0.25) is 0 Å². The van der Waals surface area contributed by atoms with Crippen molar-refractivity contribution in [1.29, 1.82) is 0 Å². The monoisotopic (exact) mass is 170 g/mol. The summed E-state index contributed by atoms with van der Waals surface area (Å²) in [4.78, 5) is 25.6. The predicted octanol–water partition coefficient (Wildman–Crippen LogP) is -0.431. The Hall–Kier alpha value is -1.92. The molecule has 7 nitrogen and oxygen atoms in total. The van der Waals surface area contributed by atoms with Crippen LogP contribution in [0.25, 0.3) is 0 Å². The van der Waals surface area contributed by atoms with E-state index in [-0.39, 0.29) is 11.4 Å². The second kappa shape index (κ2) is 2.61. The van der Waals surface area contributed by atoms with E-state index < -0.39 is 16.4 Å². The Morgan fingerprint density at radius 3 is 2.67 bits per heavy atom. The molecule has 0 aliphatic rings. The van der Waals surface area contributed by atoms with E-state index in [4.69, 9.17) is 5.73 Å². The molecule has 1 rings (SSSR count). The fraction of sp³-hybridized carbons (Fsp3) is 0.200. The maximum atomic E-state index is 10.8. The highest BCUT2D eigenvalue weighted by molar-refractivity contribution is 5.40. The SMILES string of the molecule is Cc1nc([N+](=O)[O-])[nH]c(=O)c1N. The number of hydrogen-bond donors (Lipinski definition) is 2. The largest absolute Gasteiger partial charge is 0.435 e. The number of anilines is 1. The standard InChI is InChI=1S/C5H6N4O3/c1-2-3(6)4(10)8-5(7-2)9(11)12/h6H2,1H3,(H,7,8,10). The molecule has 1 heterocycles. The molecule has 0 aliphatic carbocycles. The summed E-state index contributed by atoms with van der Waals surface area (Å²) in [6, 6.07) is 0. The molecule has 3 N–H and O–H groups in total. The first kappa shape index (κ1) is 8.18. The summed E-state index contributed by atoms with van der Waals surface area (Å²) in [6.45, 7) is 1.43. The van der Waals surface area contributed by atoms with Crippen molar-refractivity contribution in [2.75, 3.05) is 5.73 Å². The molecule has 0 spiro atoms. The van der Waals surface area contributed by atoms with Crippen LogP contribution >= 0.6 is 0 Å². The van der Waals surface area contributed by atoms with Gasteiger partial charge in [0, 0.05) is 0 Å². The summed E-state index contributed by atoms with van der Waals surface area (Å²) < 4.78 is 0. The second-order valence-corrected chi connectivity index (χ2v) is 2.15. The number of nitrogens with zero attached hydrogens (tertiary/aromatic N) is 2. The highest BCUT2D eigenvalue weighted by Gasteiger charge is 2.12. The van der Waals surface area contributed by atoms with Crippen molar-refractivity contribution in [2.45, 2.75) is 6.92 Å². The second-order valence-electron chi connectivity index (χ2n) is 2.15. The van der Waals surface area contributed by atoms with Crippen LogP contribution in [-0.4, -0.2) is 14.9 Å². The van der Waals surface area contributed by atoms with Gasteiger partial charge in [0.05, 0.1) is 0 Å². The molecule has 7 heteroatoms. The number of nitrogen functional groups attached to an aromatic ring is 1. The molecule has 1 aromatic rings. The summed E-state index contributed by atoms with van der Waals surface area (Å²) in [6.07, 6.45) is 0. The first-order valence-electron chi connectivity index (χ1n) is 3.03. The van der Waals surface area contributed by atoms with Gasteiger partial charge < -0.3 is 15.8 Å². The molecular weight excluding hydrogens is 164 g/mol. The van der Waals surface area contributed by atoms with E-state index in [0.29, 0.717) is 0 Å². The predicted molar refractivity (Wildman–Crippen MR) is 40.7 cm³/mol. The van der Waals surface area contributed by atoms with Gasteiger partial charge in [-0.25, -0.2) is 9.78 Å². The van der Waals surface area contributed by atoms with Gasteiger partial charge in [-0.05, 0) is 11.8 Å². The van der Waals surface area contributed by atoms with Crippen molar-refractivity contribution in [3.8, 4) is 0 Å². The van der Waals surface area contributed by atoms with E-state index in [1.807, 2.05) is 4.98 Å². The first-order valence-corrected chi connectivity index (χ1v) is 3.03. The minimum Gasteiger partial charge on any atom is -0.390 e. The maximum absolute atomic E-state index is 10.8. The number of hydrogen-bond acceptors (Lipinski definition) is 5. The number of nitrogens with one attached hydrogen (secondary N) is 1. The number of aromatic amines is 1. The normalized spacial score (nSPS) is 9.75. The molecule has 0 aromatic carbocycles. The summed E-state index contributed by atoms with van der Waals surface area (Å²) in [7, 11) is 0. The molecule has 0 atom stereocenters. The van der Waals surface area contributed by atoms with Crippen LogP contribution in [0.15, 0.2) is 4.79 Å². The Kier molecular flexibility index (Phi) is 1.78. The number of H-pyrrole nitrogens is 1. The van der Waals surface area contributed by atoms with Crippen molar-refractivity contribution in [3.05, 3.63) is 26.2 Å². The Bertz CT molecular complexity index is 383. The fourth-order valence-corrected chi connectivity index (χ4v) is 0.667. The number of nitro groups is 1. The molecule has 0 bridgehead atoms. The molecular formula is C5H6N4O3. The van der Waals surface area contributed by atoms with Gasteiger partial charge in [-0.1, -0.05) is 4.98 Å². The Morgan fingerprint density at radius 1 is 1.67 bits per heavy atom. The summed E-state index contributed by atoms with van der Waals surface area (Å²) >= 11 is 0.